The number of aromatic nitrogens is 2. The van der Waals surface area contributed by atoms with Crippen molar-refractivity contribution in [3.63, 3.8) is 0 Å². The standard InChI is InChI=1S/C23H18ClN3O3S2/c24-21-17(14-18-22(30)26(23(31)32-18)13-7-12-19(28)29)20(15-8-3-1-4-9-15)25-27(21)16-10-5-2-6-11-16/h1-6,8-11,14H,7,12-13H2,(H,28,29)/b18-14+. The summed E-state index contributed by atoms with van der Waals surface area (Å²) in [5.41, 5.74) is 2.94. The topological polar surface area (TPSA) is 75.4 Å². The first-order valence-corrected chi connectivity index (χ1v) is 11.4. The van der Waals surface area contributed by atoms with E-state index in [2.05, 4.69) is 0 Å². The van der Waals surface area contributed by atoms with E-state index in [-0.39, 0.29) is 18.9 Å². The molecule has 0 radical (unpaired) electrons. The fourth-order valence-corrected chi connectivity index (χ4v) is 4.87. The van der Waals surface area contributed by atoms with E-state index in [1.54, 1.807) is 10.8 Å². The van der Waals surface area contributed by atoms with Crippen LogP contribution in [0, 0.1) is 0 Å². The van der Waals surface area contributed by atoms with Crippen LogP contribution >= 0.6 is 35.6 Å². The van der Waals surface area contributed by atoms with Crippen molar-refractivity contribution in [3.8, 4) is 16.9 Å². The Kier molecular flexibility index (Phi) is 6.74. The summed E-state index contributed by atoms with van der Waals surface area (Å²) in [6.07, 6.45) is 2.02. The predicted octanol–water partition coefficient (Wildman–Crippen LogP) is 5.26. The van der Waals surface area contributed by atoms with Gasteiger partial charge in [0.15, 0.2) is 0 Å². The largest absolute Gasteiger partial charge is 0.481 e. The number of thiocarbonyl (C=S) groups is 1. The van der Waals surface area contributed by atoms with Gasteiger partial charge in [-0.05, 0) is 24.6 Å². The Morgan fingerprint density at radius 2 is 1.78 bits per heavy atom. The van der Waals surface area contributed by atoms with Crippen molar-refractivity contribution in [1.82, 2.24) is 14.7 Å². The molecule has 0 saturated carbocycles. The molecule has 1 amide bonds. The lowest BCUT2D eigenvalue weighted by Crippen LogP contribution is -2.29. The lowest BCUT2D eigenvalue weighted by Gasteiger charge is -2.13. The van der Waals surface area contributed by atoms with Crippen LogP contribution in [-0.4, -0.2) is 42.5 Å². The van der Waals surface area contributed by atoms with Crippen molar-refractivity contribution in [2.45, 2.75) is 12.8 Å². The number of carboxylic acid groups (broad SMARTS) is 1. The molecule has 9 heteroatoms. The number of amides is 1. The first kappa shape index (κ1) is 22.3. The fraction of sp³-hybridized carbons (Fsp3) is 0.130. The van der Waals surface area contributed by atoms with Crippen LogP contribution in [0.25, 0.3) is 23.0 Å². The van der Waals surface area contributed by atoms with Crippen molar-refractivity contribution in [2.75, 3.05) is 6.54 Å². The zero-order valence-electron chi connectivity index (χ0n) is 16.8. The summed E-state index contributed by atoms with van der Waals surface area (Å²) in [6, 6.07) is 19.1. The Morgan fingerprint density at radius 1 is 1.12 bits per heavy atom. The van der Waals surface area contributed by atoms with Crippen LogP contribution in [0.2, 0.25) is 5.15 Å². The summed E-state index contributed by atoms with van der Waals surface area (Å²) in [7, 11) is 0. The van der Waals surface area contributed by atoms with Gasteiger partial charge in [-0.25, -0.2) is 4.68 Å². The van der Waals surface area contributed by atoms with E-state index in [0.29, 0.717) is 32.1 Å². The molecule has 32 heavy (non-hydrogen) atoms. The number of benzene rings is 2. The normalized spacial score (nSPS) is 15.0. The molecule has 0 unspecified atom stereocenters. The van der Waals surface area contributed by atoms with Gasteiger partial charge in [0.05, 0.1) is 10.6 Å². The van der Waals surface area contributed by atoms with E-state index in [1.165, 1.54) is 16.7 Å². The molecule has 2 heterocycles. The van der Waals surface area contributed by atoms with E-state index in [0.717, 1.165) is 11.3 Å². The predicted molar refractivity (Wildman–Crippen MR) is 131 cm³/mol. The Balaban J connectivity index is 1.74. The zero-order valence-corrected chi connectivity index (χ0v) is 19.2. The maximum absolute atomic E-state index is 13.0. The maximum atomic E-state index is 13.0. The van der Waals surface area contributed by atoms with Crippen LogP contribution in [0.1, 0.15) is 18.4 Å². The zero-order chi connectivity index (χ0) is 22.7. The number of para-hydroxylation sites is 1. The molecule has 1 fully saturated rings. The first-order valence-electron chi connectivity index (χ1n) is 9.82. The molecular weight excluding hydrogens is 466 g/mol. The number of thioether (sulfide) groups is 1. The number of carbonyl (C=O) groups excluding carboxylic acids is 1. The average Bonchev–Trinajstić information content (AvgIpc) is 3.26. The highest BCUT2D eigenvalue weighted by Crippen LogP contribution is 2.38. The van der Waals surface area contributed by atoms with E-state index in [9.17, 15) is 9.59 Å². The molecule has 4 rings (SSSR count). The third kappa shape index (κ3) is 4.62. The van der Waals surface area contributed by atoms with Gasteiger partial charge in [-0.1, -0.05) is 84.1 Å². The minimum absolute atomic E-state index is 0.0239. The number of carboxylic acids is 1. The van der Waals surface area contributed by atoms with Gasteiger partial charge in [0, 0.05) is 24.1 Å². The Morgan fingerprint density at radius 3 is 2.44 bits per heavy atom. The fourth-order valence-electron chi connectivity index (χ4n) is 3.30. The lowest BCUT2D eigenvalue weighted by molar-refractivity contribution is -0.137. The summed E-state index contributed by atoms with van der Waals surface area (Å²) in [5.74, 6) is -1.16. The Bertz CT molecular complexity index is 1210. The molecule has 1 saturated heterocycles. The minimum atomic E-state index is -0.904. The van der Waals surface area contributed by atoms with E-state index >= 15 is 0 Å². The number of rotatable bonds is 7. The van der Waals surface area contributed by atoms with Gasteiger partial charge in [0.1, 0.15) is 15.2 Å². The quantitative estimate of drug-likeness (QED) is 0.365. The molecule has 1 aromatic heterocycles. The van der Waals surface area contributed by atoms with Crippen LogP contribution in [0.3, 0.4) is 0 Å². The van der Waals surface area contributed by atoms with Gasteiger partial charge in [0.25, 0.3) is 5.91 Å². The number of hydrogen-bond acceptors (Lipinski definition) is 5. The van der Waals surface area contributed by atoms with Gasteiger partial charge < -0.3 is 5.11 Å². The van der Waals surface area contributed by atoms with Crippen LogP contribution in [0.4, 0.5) is 0 Å². The second-order valence-corrected chi connectivity index (χ2v) is 9.03. The monoisotopic (exact) mass is 483 g/mol. The molecule has 1 N–H and O–H groups in total. The third-order valence-electron chi connectivity index (χ3n) is 4.83. The Hall–Kier alpha value is -2.94. The summed E-state index contributed by atoms with van der Waals surface area (Å²) in [6.45, 7) is 0.261. The molecule has 0 atom stereocenters. The lowest BCUT2D eigenvalue weighted by atomic mass is 10.1. The number of hydrogen-bond donors (Lipinski definition) is 1. The van der Waals surface area contributed by atoms with Crippen molar-refractivity contribution in [3.05, 3.63) is 76.3 Å². The maximum Gasteiger partial charge on any atom is 0.303 e. The van der Waals surface area contributed by atoms with Crippen LogP contribution in [-0.2, 0) is 9.59 Å². The molecule has 6 nitrogen and oxygen atoms in total. The minimum Gasteiger partial charge on any atom is -0.481 e. The second kappa shape index (κ2) is 9.68. The number of halogens is 1. The molecule has 1 aliphatic rings. The molecule has 3 aromatic rings. The SMILES string of the molecule is O=C(O)CCCN1C(=O)/C(=C\c2c(-c3ccccc3)nn(-c3ccccc3)c2Cl)SC1=S. The van der Waals surface area contributed by atoms with Gasteiger partial charge >= 0.3 is 5.97 Å². The van der Waals surface area contributed by atoms with Crippen molar-refractivity contribution < 1.29 is 14.7 Å². The first-order chi connectivity index (χ1) is 15.5. The summed E-state index contributed by atoms with van der Waals surface area (Å²) in [5, 5.41) is 14.0. The molecule has 0 spiro atoms. The summed E-state index contributed by atoms with van der Waals surface area (Å²) >= 11 is 13.3. The van der Waals surface area contributed by atoms with Gasteiger partial charge in [-0.15, -0.1) is 0 Å². The third-order valence-corrected chi connectivity index (χ3v) is 6.57. The number of aliphatic carboxylic acids is 1. The molecular formula is C23H18ClN3O3S2. The van der Waals surface area contributed by atoms with E-state index < -0.39 is 5.97 Å². The molecule has 1 aliphatic heterocycles. The van der Waals surface area contributed by atoms with Crippen molar-refractivity contribution in [1.29, 1.82) is 0 Å². The average molecular weight is 484 g/mol. The van der Waals surface area contributed by atoms with Crippen molar-refractivity contribution >= 4 is 57.9 Å². The van der Waals surface area contributed by atoms with Crippen molar-refractivity contribution in [2.24, 2.45) is 0 Å². The van der Waals surface area contributed by atoms with Gasteiger partial charge in [-0.2, -0.15) is 5.10 Å². The highest BCUT2D eigenvalue weighted by atomic mass is 35.5. The Labute approximate surface area is 199 Å². The molecule has 0 bridgehead atoms. The highest BCUT2D eigenvalue weighted by molar-refractivity contribution is 8.26. The number of carbonyl (C=O) groups is 2. The van der Waals surface area contributed by atoms with Crippen LogP contribution in [0.15, 0.2) is 65.6 Å². The molecule has 0 aliphatic carbocycles. The molecule has 162 valence electrons. The van der Waals surface area contributed by atoms with Crippen LogP contribution in [0.5, 0.6) is 0 Å². The van der Waals surface area contributed by atoms with E-state index in [1.807, 2.05) is 60.7 Å². The smallest absolute Gasteiger partial charge is 0.303 e. The second-order valence-electron chi connectivity index (χ2n) is 7.00. The summed E-state index contributed by atoms with van der Waals surface area (Å²) in [4.78, 5) is 25.6. The van der Waals surface area contributed by atoms with Gasteiger partial charge in [-0.3, -0.25) is 14.5 Å². The van der Waals surface area contributed by atoms with Gasteiger partial charge in [0.2, 0.25) is 0 Å². The summed E-state index contributed by atoms with van der Waals surface area (Å²) < 4.78 is 2.04. The van der Waals surface area contributed by atoms with E-state index in [4.69, 9.17) is 34.0 Å². The van der Waals surface area contributed by atoms with Crippen LogP contribution < -0.4 is 0 Å². The molecule has 2 aromatic carbocycles. The highest BCUT2D eigenvalue weighted by Gasteiger charge is 2.32. The number of nitrogens with zero attached hydrogens (tertiary/aromatic N) is 3.